The number of allylic oxidation sites excluding steroid dienone is 5. The van der Waals surface area contributed by atoms with Crippen LogP contribution in [0.15, 0.2) is 36.5 Å². The predicted octanol–water partition coefficient (Wildman–Crippen LogP) is 13.9. The largest absolute Gasteiger partial charge is 0.472 e. The number of unbranched alkanes of at least 4 members (excludes halogenated alkanes) is 29. The molecule has 5 N–H and O–H groups in total. The van der Waals surface area contributed by atoms with Crippen LogP contribution in [0.25, 0.3) is 0 Å². The molecule has 0 radical (unpaired) electrons. The normalized spacial score (nSPS) is 14.3. The summed E-state index contributed by atoms with van der Waals surface area (Å²) in [5.41, 5.74) is 5.38. The second-order valence-electron chi connectivity index (χ2n) is 16.3. The maximum atomic E-state index is 12.8. The number of nitrogens with two attached hydrogens (primary N) is 1. The minimum Gasteiger partial charge on any atom is -0.387 e. The van der Waals surface area contributed by atoms with Gasteiger partial charge in [0.05, 0.1) is 25.4 Å². The number of nitrogens with one attached hydrogen (secondary N) is 1. The number of rotatable bonds is 45. The molecule has 0 aliphatic heterocycles. The number of phosphoric acid groups is 1. The van der Waals surface area contributed by atoms with Crippen LogP contribution in [-0.4, -0.2) is 47.8 Å². The summed E-state index contributed by atoms with van der Waals surface area (Å²) in [6, 6.07) is -0.864. The van der Waals surface area contributed by atoms with Gasteiger partial charge >= 0.3 is 7.82 Å². The fourth-order valence-corrected chi connectivity index (χ4v) is 7.80. The molecule has 0 saturated heterocycles. The number of hydrogen-bond acceptors (Lipinski definition) is 6. The molecule has 8 nitrogen and oxygen atoms in total. The summed E-state index contributed by atoms with van der Waals surface area (Å²) in [6.07, 6.45) is 53.4. The van der Waals surface area contributed by atoms with E-state index < -0.39 is 20.0 Å². The summed E-state index contributed by atoms with van der Waals surface area (Å²) in [7, 11) is -4.34. The van der Waals surface area contributed by atoms with Crippen LogP contribution in [-0.2, 0) is 18.4 Å². The van der Waals surface area contributed by atoms with Crippen LogP contribution in [0.1, 0.15) is 232 Å². The first-order valence-electron chi connectivity index (χ1n) is 24.1. The van der Waals surface area contributed by atoms with Crippen molar-refractivity contribution < 1.29 is 28.4 Å². The molecule has 0 heterocycles. The van der Waals surface area contributed by atoms with Gasteiger partial charge in [0, 0.05) is 13.0 Å². The van der Waals surface area contributed by atoms with Crippen molar-refractivity contribution in [2.75, 3.05) is 19.8 Å². The van der Waals surface area contributed by atoms with Crippen molar-refractivity contribution in [3.63, 3.8) is 0 Å². The maximum absolute atomic E-state index is 12.8. The molecular weight excluding hydrogens is 732 g/mol. The van der Waals surface area contributed by atoms with Crippen molar-refractivity contribution in [1.82, 2.24) is 5.32 Å². The summed E-state index contributed by atoms with van der Waals surface area (Å²) in [6.45, 7) is 4.12. The molecule has 0 spiro atoms. The molecule has 0 aliphatic rings. The van der Waals surface area contributed by atoms with Crippen LogP contribution in [0.3, 0.4) is 0 Å². The monoisotopic (exact) mass is 825 g/mol. The summed E-state index contributed by atoms with van der Waals surface area (Å²) < 4.78 is 22.2. The SMILES string of the molecule is CCCCC/C=C\C/C=C\CCCCCCCCCC(=O)NC(COP(=O)(O)OCCN)C(O)/C=C/CCCCCCCCCCCCCCCCCCCCC. The van der Waals surface area contributed by atoms with Gasteiger partial charge in [-0.2, -0.15) is 0 Å². The van der Waals surface area contributed by atoms with Gasteiger partial charge in [-0.1, -0.05) is 211 Å². The van der Waals surface area contributed by atoms with E-state index in [0.29, 0.717) is 6.42 Å². The van der Waals surface area contributed by atoms with Crippen molar-refractivity contribution >= 4 is 13.7 Å². The second-order valence-corrected chi connectivity index (χ2v) is 17.8. The molecule has 0 aromatic heterocycles. The number of phosphoric ester groups is 1. The number of aliphatic hydroxyl groups is 1. The van der Waals surface area contributed by atoms with E-state index in [0.717, 1.165) is 51.4 Å². The fourth-order valence-electron chi connectivity index (χ4n) is 7.05. The highest BCUT2D eigenvalue weighted by atomic mass is 31.2. The molecule has 3 atom stereocenters. The van der Waals surface area contributed by atoms with Crippen LogP contribution in [0.4, 0.5) is 0 Å². The van der Waals surface area contributed by atoms with E-state index in [1.807, 2.05) is 6.08 Å². The van der Waals surface area contributed by atoms with Gasteiger partial charge in [-0.15, -0.1) is 0 Å². The molecule has 57 heavy (non-hydrogen) atoms. The van der Waals surface area contributed by atoms with Crippen molar-refractivity contribution in [3.8, 4) is 0 Å². The average molecular weight is 825 g/mol. The summed E-state index contributed by atoms with van der Waals surface area (Å²) in [5, 5.41) is 13.7. The van der Waals surface area contributed by atoms with Crippen molar-refractivity contribution in [2.45, 2.75) is 244 Å². The lowest BCUT2D eigenvalue weighted by Crippen LogP contribution is -2.45. The third-order valence-electron chi connectivity index (χ3n) is 10.7. The molecule has 0 aromatic carbocycles. The highest BCUT2D eigenvalue weighted by Gasteiger charge is 2.26. The highest BCUT2D eigenvalue weighted by molar-refractivity contribution is 7.47. The molecule has 9 heteroatoms. The number of aliphatic hydroxyl groups excluding tert-OH is 1. The zero-order valence-corrected chi connectivity index (χ0v) is 38.2. The Kier molecular flexibility index (Phi) is 43.3. The van der Waals surface area contributed by atoms with E-state index in [1.54, 1.807) is 6.08 Å². The van der Waals surface area contributed by atoms with Gasteiger partial charge < -0.3 is 21.1 Å². The van der Waals surface area contributed by atoms with Crippen molar-refractivity contribution in [2.24, 2.45) is 5.73 Å². The zero-order chi connectivity index (χ0) is 41.8. The van der Waals surface area contributed by atoms with Gasteiger partial charge in [-0.05, 0) is 51.4 Å². The Balaban J connectivity index is 4.15. The maximum Gasteiger partial charge on any atom is 0.472 e. The van der Waals surface area contributed by atoms with E-state index in [4.69, 9.17) is 14.8 Å². The second kappa shape index (κ2) is 44.3. The van der Waals surface area contributed by atoms with E-state index in [2.05, 4.69) is 43.5 Å². The van der Waals surface area contributed by atoms with E-state index in [9.17, 15) is 19.4 Å². The van der Waals surface area contributed by atoms with Gasteiger partial charge in [0.2, 0.25) is 5.91 Å². The lowest BCUT2D eigenvalue weighted by Gasteiger charge is -2.23. The van der Waals surface area contributed by atoms with Crippen molar-refractivity contribution in [1.29, 1.82) is 0 Å². The Morgan fingerprint density at radius 3 is 1.42 bits per heavy atom. The fraction of sp³-hybridized carbons (Fsp3) is 0.854. The first kappa shape index (κ1) is 55.7. The van der Waals surface area contributed by atoms with Crippen LogP contribution >= 0.6 is 7.82 Å². The molecule has 0 aliphatic carbocycles. The molecule has 0 fully saturated rings. The molecule has 0 rings (SSSR count). The Morgan fingerprint density at radius 1 is 0.579 bits per heavy atom. The molecule has 336 valence electrons. The van der Waals surface area contributed by atoms with Crippen LogP contribution in [0, 0.1) is 0 Å². The standard InChI is InChI=1S/C48H93N2O6P/c1-3-5-7-9-11-13-15-17-19-21-22-23-24-26-27-29-31-33-35-37-39-41-47(51)46(45-56-57(53,54)55-44-43-49)50-48(52)42-40-38-36-34-32-30-28-25-20-18-16-14-12-10-8-6-4-2/h12,14,18,20,39,41,46-47,51H,3-11,13,15-17,19,21-38,40,42-45,49H2,1-2H3,(H,50,52)(H,53,54)/b14-12-,20-18-,41-39+. The molecule has 1 amide bonds. The van der Waals surface area contributed by atoms with Gasteiger partial charge in [0.1, 0.15) is 0 Å². The predicted molar refractivity (Wildman–Crippen MR) is 244 cm³/mol. The molecular formula is C48H93N2O6P. The van der Waals surface area contributed by atoms with Crippen molar-refractivity contribution in [3.05, 3.63) is 36.5 Å². The zero-order valence-electron chi connectivity index (χ0n) is 37.3. The Labute approximate surface area is 352 Å². The molecule has 3 unspecified atom stereocenters. The molecule has 0 aromatic rings. The van der Waals surface area contributed by atoms with E-state index >= 15 is 0 Å². The number of hydrogen-bond donors (Lipinski definition) is 4. The Hall–Kier alpha value is -1.28. The van der Waals surface area contributed by atoms with E-state index in [1.165, 1.54) is 161 Å². The Morgan fingerprint density at radius 2 is 0.965 bits per heavy atom. The lowest BCUT2D eigenvalue weighted by molar-refractivity contribution is -0.123. The number of carbonyl (C=O) groups is 1. The van der Waals surface area contributed by atoms with Gasteiger partial charge in [0.15, 0.2) is 0 Å². The molecule has 0 saturated carbocycles. The minimum atomic E-state index is -4.34. The number of amides is 1. The third-order valence-corrected chi connectivity index (χ3v) is 11.7. The van der Waals surface area contributed by atoms with Gasteiger partial charge in [-0.25, -0.2) is 4.57 Å². The van der Waals surface area contributed by atoms with Crippen LogP contribution in [0.2, 0.25) is 0 Å². The highest BCUT2D eigenvalue weighted by Crippen LogP contribution is 2.43. The first-order chi connectivity index (χ1) is 27.9. The van der Waals surface area contributed by atoms with Crippen LogP contribution < -0.4 is 11.1 Å². The average Bonchev–Trinajstić information content (AvgIpc) is 3.20. The quantitative estimate of drug-likeness (QED) is 0.0273. The van der Waals surface area contributed by atoms with Crippen LogP contribution in [0.5, 0.6) is 0 Å². The Bertz CT molecular complexity index is 990. The summed E-state index contributed by atoms with van der Waals surface area (Å²) in [4.78, 5) is 22.8. The number of carbonyl (C=O) groups excluding carboxylic acids is 1. The van der Waals surface area contributed by atoms with E-state index in [-0.39, 0.29) is 25.7 Å². The smallest absolute Gasteiger partial charge is 0.387 e. The minimum absolute atomic E-state index is 0.0770. The van der Waals surface area contributed by atoms with Gasteiger partial charge in [0.25, 0.3) is 0 Å². The first-order valence-corrected chi connectivity index (χ1v) is 25.6. The topological polar surface area (TPSA) is 131 Å². The summed E-state index contributed by atoms with van der Waals surface area (Å²) >= 11 is 0. The lowest BCUT2D eigenvalue weighted by atomic mass is 10.0. The molecule has 0 bridgehead atoms. The van der Waals surface area contributed by atoms with Gasteiger partial charge in [-0.3, -0.25) is 13.8 Å². The third kappa shape index (κ3) is 42.6. The summed E-state index contributed by atoms with van der Waals surface area (Å²) in [5.74, 6) is -0.201.